The van der Waals surface area contributed by atoms with E-state index in [1.165, 1.54) is 16.7 Å². The van der Waals surface area contributed by atoms with Crippen molar-refractivity contribution in [3.63, 3.8) is 0 Å². The number of hydrogen-bond acceptors (Lipinski definition) is 3. The third-order valence-corrected chi connectivity index (χ3v) is 5.16. The molecular weight excluding hydrogens is 437 g/mol. The Bertz CT molecular complexity index is 781. The Morgan fingerprint density at radius 1 is 1.07 bits per heavy atom. The largest absolute Gasteiger partial charge is 0.444 e. The first-order valence-corrected chi connectivity index (χ1v) is 10.1. The van der Waals surface area contributed by atoms with Crippen LogP contribution < -0.4 is 0 Å². The fraction of sp³-hybridized carbons (Fsp3) is 0.458. The Morgan fingerprint density at radius 3 is 2.31 bits per heavy atom. The van der Waals surface area contributed by atoms with Gasteiger partial charge in [-0.3, -0.25) is 4.90 Å². The maximum Gasteiger partial charge on any atom is 0.410 e. The van der Waals surface area contributed by atoms with Crippen LogP contribution in [0.15, 0.2) is 48.5 Å². The van der Waals surface area contributed by atoms with Crippen molar-refractivity contribution in [3.05, 3.63) is 71.3 Å². The topological polar surface area (TPSA) is 32.8 Å². The van der Waals surface area contributed by atoms with Crippen LogP contribution in [0.5, 0.6) is 0 Å². The van der Waals surface area contributed by atoms with Crippen LogP contribution in [0.25, 0.3) is 0 Å². The molecule has 29 heavy (non-hydrogen) atoms. The second-order valence-electron chi connectivity index (χ2n) is 8.47. The number of ether oxygens (including phenoxy) is 1. The maximum absolute atomic E-state index is 12.4. The van der Waals surface area contributed by atoms with Gasteiger partial charge >= 0.3 is 6.09 Å². The predicted molar refractivity (Wildman–Crippen MR) is 112 cm³/mol. The minimum atomic E-state index is -0.457. The van der Waals surface area contributed by atoms with E-state index < -0.39 is 5.60 Å². The summed E-state index contributed by atoms with van der Waals surface area (Å²) < 4.78 is 5.53. The van der Waals surface area contributed by atoms with Crippen LogP contribution in [-0.4, -0.2) is 47.7 Å². The van der Waals surface area contributed by atoms with Gasteiger partial charge in [-0.2, -0.15) is 35.4 Å². The van der Waals surface area contributed by atoms with Crippen molar-refractivity contribution in [2.24, 2.45) is 0 Å². The zero-order valence-electron chi connectivity index (χ0n) is 18.0. The zero-order valence-corrected chi connectivity index (χ0v) is 20.9. The molecular formula is C24H31N2O2Y-. The zero-order chi connectivity index (χ0) is 20.1. The molecule has 0 spiro atoms. The van der Waals surface area contributed by atoms with Crippen LogP contribution in [0.1, 0.15) is 43.5 Å². The Balaban J connectivity index is 0.00000300. The van der Waals surface area contributed by atoms with E-state index in [0.717, 1.165) is 19.5 Å². The molecule has 153 valence electrons. The average molecular weight is 468 g/mol. The fourth-order valence-corrected chi connectivity index (χ4v) is 3.64. The third-order valence-electron chi connectivity index (χ3n) is 5.16. The van der Waals surface area contributed by atoms with Crippen LogP contribution in [0.3, 0.4) is 0 Å². The fourth-order valence-electron chi connectivity index (χ4n) is 3.64. The van der Waals surface area contributed by atoms with E-state index in [1.807, 2.05) is 37.8 Å². The molecule has 0 N–H and O–H groups in total. The summed E-state index contributed by atoms with van der Waals surface area (Å²) in [4.78, 5) is 16.7. The maximum atomic E-state index is 12.4. The molecule has 3 rings (SSSR count). The molecule has 1 heterocycles. The minimum absolute atomic E-state index is 0. The van der Waals surface area contributed by atoms with Gasteiger partial charge in [0.1, 0.15) is 5.60 Å². The average Bonchev–Trinajstić information content (AvgIpc) is 2.67. The van der Waals surface area contributed by atoms with Crippen LogP contribution in [0.2, 0.25) is 0 Å². The SMILES string of the molecule is Cc1ccc[c-]c1CC(c1ccccc1)N1CCN(C(=O)OC(C)(C)C)CC1.[Y]. The number of aryl methyl sites for hydroxylation is 1. The standard InChI is InChI=1S/C24H31N2O2.Y/c1-19-10-8-9-13-21(19)18-22(20-11-6-5-7-12-20)25-14-16-26(17-15-25)23(27)28-24(2,3)4;/h5-12,22H,14-18H2,1-4H3;/q-1;. The van der Waals surface area contributed by atoms with E-state index in [9.17, 15) is 4.79 Å². The number of hydrogen-bond donors (Lipinski definition) is 0. The number of rotatable bonds is 4. The van der Waals surface area contributed by atoms with Crippen molar-refractivity contribution in [1.82, 2.24) is 9.80 Å². The normalized spacial score (nSPS) is 16.1. The summed E-state index contributed by atoms with van der Waals surface area (Å²) in [5, 5.41) is 0. The van der Waals surface area contributed by atoms with E-state index in [4.69, 9.17) is 4.74 Å². The molecule has 1 amide bonds. The van der Waals surface area contributed by atoms with Gasteiger partial charge in [-0.25, -0.2) is 4.79 Å². The number of nitrogens with zero attached hydrogens (tertiary/aromatic N) is 2. The molecule has 1 atom stereocenters. The van der Waals surface area contributed by atoms with Crippen LogP contribution in [-0.2, 0) is 43.9 Å². The quantitative estimate of drug-likeness (QED) is 0.614. The Labute approximate surface area is 200 Å². The molecule has 2 aromatic rings. The summed E-state index contributed by atoms with van der Waals surface area (Å²) in [6, 6.07) is 20.5. The molecule has 2 aromatic carbocycles. The molecule has 1 radical (unpaired) electrons. The van der Waals surface area contributed by atoms with Crippen molar-refractivity contribution in [3.8, 4) is 0 Å². The summed E-state index contributed by atoms with van der Waals surface area (Å²) in [5.41, 5.74) is 3.38. The Kier molecular flexibility index (Phi) is 8.87. The van der Waals surface area contributed by atoms with E-state index in [2.05, 4.69) is 54.3 Å². The monoisotopic (exact) mass is 468 g/mol. The van der Waals surface area contributed by atoms with Crippen molar-refractivity contribution in [2.45, 2.75) is 45.8 Å². The first-order valence-electron chi connectivity index (χ1n) is 10.1. The second kappa shape index (κ2) is 10.7. The van der Waals surface area contributed by atoms with Crippen molar-refractivity contribution in [1.29, 1.82) is 0 Å². The van der Waals surface area contributed by atoms with Gasteiger partial charge < -0.3 is 9.64 Å². The summed E-state index contributed by atoms with van der Waals surface area (Å²) in [7, 11) is 0. The number of piperazine rings is 1. The van der Waals surface area contributed by atoms with Gasteiger partial charge in [-0.05, 0) is 32.8 Å². The molecule has 0 bridgehead atoms. The van der Waals surface area contributed by atoms with Crippen LogP contribution in [0.4, 0.5) is 4.79 Å². The first-order chi connectivity index (χ1) is 13.3. The minimum Gasteiger partial charge on any atom is -0.444 e. The summed E-state index contributed by atoms with van der Waals surface area (Å²) in [5.74, 6) is 0. The molecule has 5 heteroatoms. The van der Waals surface area contributed by atoms with Gasteiger partial charge in [0.05, 0.1) is 0 Å². The van der Waals surface area contributed by atoms with E-state index in [-0.39, 0.29) is 44.8 Å². The van der Waals surface area contributed by atoms with Gasteiger partial charge in [-0.15, -0.1) is 0 Å². The first kappa shape index (κ1) is 24.0. The Hall–Kier alpha value is -1.23. The van der Waals surface area contributed by atoms with Gasteiger partial charge in [-0.1, -0.05) is 37.3 Å². The van der Waals surface area contributed by atoms with Crippen LogP contribution >= 0.6 is 0 Å². The summed E-state index contributed by atoms with van der Waals surface area (Å²) in [6.45, 7) is 10.9. The number of benzene rings is 2. The second-order valence-corrected chi connectivity index (χ2v) is 8.47. The van der Waals surface area contributed by atoms with Gasteiger partial charge in [0, 0.05) is 64.9 Å². The molecule has 0 aliphatic carbocycles. The van der Waals surface area contributed by atoms with E-state index in [1.54, 1.807) is 0 Å². The molecule has 1 aliphatic heterocycles. The predicted octanol–water partition coefficient (Wildman–Crippen LogP) is 4.63. The molecule has 4 nitrogen and oxygen atoms in total. The molecule has 1 fully saturated rings. The number of amides is 1. The summed E-state index contributed by atoms with van der Waals surface area (Å²) in [6.07, 6.45) is 0.707. The molecule has 0 saturated carbocycles. The molecule has 1 aliphatic rings. The van der Waals surface area contributed by atoms with E-state index in [0.29, 0.717) is 13.1 Å². The molecule has 0 aromatic heterocycles. The number of carbonyl (C=O) groups is 1. The van der Waals surface area contributed by atoms with Crippen molar-refractivity contribution < 1.29 is 42.2 Å². The third kappa shape index (κ3) is 6.91. The van der Waals surface area contributed by atoms with Crippen molar-refractivity contribution >= 4 is 6.09 Å². The van der Waals surface area contributed by atoms with Crippen molar-refractivity contribution in [2.75, 3.05) is 26.2 Å². The van der Waals surface area contributed by atoms with Gasteiger partial charge in [0.25, 0.3) is 0 Å². The van der Waals surface area contributed by atoms with Crippen LogP contribution in [0, 0.1) is 13.0 Å². The van der Waals surface area contributed by atoms with Gasteiger partial charge in [0.15, 0.2) is 0 Å². The smallest absolute Gasteiger partial charge is 0.410 e. The molecule has 1 saturated heterocycles. The molecule has 1 unspecified atom stereocenters. The van der Waals surface area contributed by atoms with E-state index >= 15 is 0 Å². The Morgan fingerprint density at radius 2 is 1.72 bits per heavy atom. The number of carbonyl (C=O) groups excluding carboxylic acids is 1. The summed E-state index contributed by atoms with van der Waals surface area (Å²) >= 11 is 0. The van der Waals surface area contributed by atoms with Gasteiger partial charge in [0.2, 0.25) is 0 Å².